The van der Waals surface area contributed by atoms with Gasteiger partial charge in [0.15, 0.2) is 0 Å². The Morgan fingerprint density at radius 3 is 2.82 bits per heavy atom. The summed E-state index contributed by atoms with van der Waals surface area (Å²) in [5, 5.41) is 5.71. The molecular weight excluding hydrogens is 464 g/mol. The largest absolute Gasteiger partial charge is 0.433 e. The summed E-state index contributed by atoms with van der Waals surface area (Å²) in [4.78, 5) is 51.8. The van der Waals surface area contributed by atoms with Gasteiger partial charge in [-0.3, -0.25) is 19.2 Å². The number of halogens is 1. The SMILES string of the molecule is CCCCOC1OC(=O)C[C@@H]1NC(=O)[C@@H]1CCCN1C(=O)[C@H](C)NC(=O)c1ccc(N)c(Cl)c1. The summed E-state index contributed by atoms with van der Waals surface area (Å²) in [6.07, 6.45) is 2.05. The maximum absolute atomic E-state index is 13.1. The van der Waals surface area contributed by atoms with E-state index >= 15 is 0 Å². The average molecular weight is 495 g/mol. The summed E-state index contributed by atoms with van der Waals surface area (Å²) in [6.45, 7) is 4.39. The van der Waals surface area contributed by atoms with E-state index < -0.39 is 36.3 Å². The standard InChI is InChI=1S/C23H31ClN4O6/c1-3-4-10-33-23-17(12-19(29)34-23)27-21(31)18-6-5-9-28(18)22(32)13(2)26-20(30)14-7-8-16(25)15(24)11-14/h7-8,11,13,17-18,23H,3-6,9-10,12,25H2,1-2H3,(H,26,30)(H,27,31)/t13-,17-,18-,23?/m0/s1. The van der Waals surface area contributed by atoms with Crippen LogP contribution in [0.3, 0.4) is 0 Å². The van der Waals surface area contributed by atoms with Crippen LogP contribution < -0.4 is 16.4 Å². The Balaban J connectivity index is 1.59. The topological polar surface area (TPSA) is 140 Å². The highest BCUT2D eigenvalue weighted by molar-refractivity contribution is 6.33. The lowest BCUT2D eigenvalue weighted by Gasteiger charge is -2.28. The molecule has 0 aromatic heterocycles. The number of unbranched alkanes of at least 4 members (excludes halogenated alkanes) is 1. The molecular formula is C23H31ClN4O6. The lowest BCUT2D eigenvalue weighted by Crippen LogP contribution is -2.54. The number of benzene rings is 1. The number of cyclic esters (lactones) is 1. The highest BCUT2D eigenvalue weighted by atomic mass is 35.5. The second-order valence-corrected chi connectivity index (χ2v) is 8.93. The van der Waals surface area contributed by atoms with Crippen molar-refractivity contribution in [2.45, 2.75) is 70.4 Å². The quantitative estimate of drug-likeness (QED) is 0.269. The normalized spacial score (nSPS) is 22.9. The first-order valence-corrected chi connectivity index (χ1v) is 11.9. The van der Waals surface area contributed by atoms with E-state index in [1.807, 2.05) is 6.92 Å². The number of ether oxygens (including phenoxy) is 2. The molecule has 0 bridgehead atoms. The molecule has 3 amide bonds. The predicted octanol–water partition coefficient (Wildman–Crippen LogP) is 1.61. The minimum Gasteiger partial charge on any atom is -0.433 e. The van der Waals surface area contributed by atoms with Crippen molar-refractivity contribution in [2.24, 2.45) is 0 Å². The van der Waals surface area contributed by atoms with Gasteiger partial charge in [-0.15, -0.1) is 0 Å². The van der Waals surface area contributed by atoms with Gasteiger partial charge in [0.1, 0.15) is 18.1 Å². The van der Waals surface area contributed by atoms with Crippen molar-refractivity contribution in [3.05, 3.63) is 28.8 Å². The molecule has 0 spiro atoms. The molecule has 1 aromatic carbocycles. The third kappa shape index (κ3) is 6.18. The van der Waals surface area contributed by atoms with Gasteiger partial charge in [0.05, 0.1) is 23.7 Å². The van der Waals surface area contributed by atoms with Crippen LogP contribution >= 0.6 is 11.6 Å². The number of amides is 3. The van der Waals surface area contributed by atoms with Crippen molar-refractivity contribution < 1.29 is 28.7 Å². The van der Waals surface area contributed by atoms with Gasteiger partial charge in [0.2, 0.25) is 18.1 Å². The van der Waals surface area contributed by atoms with Gasteiger partial charge in [0, 0.05) is 12.1 Å². The van der Waals surface area contributed by atoms with Crippen molar-refractivity contribution in [3.8, 4) is 0 Å². The Morgan fingerprint density at radius 1 is 1.35 bits per heavy atom. The van der Waals surface area contributed by atoms with E-state index in [4.69, 9.17) is 26.8 Å². The maximum atomic E-state index is 13.1. The second kappa shape index (κ2) is 11.5. The molecule has 10 nitrogen and oxygen atoms in total. The van der Waals surface area contributed by atoms with Crippen molar-refractivity contribution in [1.29, 1.82) is 0 Å². The molecule has 2 saturated heterocycles. The summed E-state index contributed by atoms with van der Waals surface area (Å²) in [7, 11) is 0. The molecule has 1 unspecified atom stereocenters. The summed E-state index contributed by atoms with van der Waals surface area (Å²) in [6, 6.07) is 2.29. The van der Waals surface area contributed by atoms with E-state index in [0.29, 0.717) is 31.7 Å². The number of likely N-dealkylation sites (tertiary alicyclic amines) is 1. The zero-order valence-corrected chi connectivity index (χ0v) is 20.1. The van der Waals surface area contributed by atoms with E-state index in [9.17, 15) is 19.2 Å². The molecule has 0 radical (unpaired) electrons. The molecule has 1 aromatic rings. The van der Waals surface area contributed by atoms with Crippen LogP contribution in [0.5, 0.6) is 0 Å². The van der Waals surface area contributed by atoms with Crippen molar-refractivity contribution >= 4 is 41.0 Å². The second-order valence-electron chi connectivity index (χ2n) is 8.52. The van der Waals surface area contributed by atoms with E-state index in [-0.39, 0.29) is 28.8 Å². The van der Waals surface area contributed by atoms with Crippen molar-refractivity contribution in [3.63, 3.8) is 0 Å². The first-order chi connectivity index (χ1) is 16.2. The number of nitrogen functional groups attached to an aromatic ring is 1. The number of nitrogens with one attached hydrogen (secondary N) is 2. The van der Waals surface area contributed by atoms with Crippen LogP contribution in [0.25, 0.3) is 0 Å². The van der Waals surface area contributed by atoms with Crippen LogP contribution in [0.2, 0.25) is 5.02 Å². The molecule has 2 fully saturated rings. The lowest BCUT2D eigenvalue weighted by atomic mass is 10.1. The summed E-state index contributed by atoms with van der Waals surface area (Å²) >= 11 is 5.98. The zero-order chi connectivity index (χ0) is 24.8. The predicted molar refractivity (Wildman–Crippen MR) is 125 cm³/mol. The minimum absolute atomic E-state index is 0.0137. The van der Waals surface area contributed by atoms with Gasteiger partial charge in [-0.25, -0.2) is 0 Å². The van der Waals surface area contributed by atoms with Gasteiger partial charge >= 0.3 is 5.97 Å². The number of rotatable bonds is 9. The lowest BCUT2D eigenvalue weighted by molar-refractivity contribution is -0.165. The minimum atomic E-state index is -0.862. The molecule has 2 heterocycles. The molecule has 4 atom stereocenters. The van der Waals surface area contributed by atoms with Gasteiger partial charge in [-0.2, -0.15) is 0 Å². The first-order valence-electron chi connectivity index (χ1n) is 11.5. The van der Waals surface area contributed by atoms with E-state index in [2.05, 4.69) is 10.6 Å². The molecule has 34 heavy (non-hydrogen) atoms. The molecule has 0 saturated carbocycles. The van der Waals surface area contributed by atoms with Crippen LogP contribution in [-0.2, 0) is 23.9 Å². The average Bonchev–Trinajstić information content (AvgIpc) is 3.42. The van der Waals surface area contributed by atoms with Gasteiger partial charge in [-0.05, 0) is 44.4 Å². The molecule has 4 N–H and O–H groups in total. The number of carbonyl (C=O) groups is 4. The van der Waals surface area contributed by atoms with Crippen LogP contribution in [0.15, 0.2) is 18.2 Å². The Bertz CT molecular complexity index is 942. The van der Waals surface area contributed by atoms with E-state index in [1.54, 1.807) is 6.92 Å². The Kier molecular flexibility index (Phi) is 8.73. The smallest absolute Gasteiger partial charge is 0.310 e. The highest BCUT2D eigenvalue weighted by Crippen LogP contribution is 2.22. The molecule has 3 rings (SSSR count). The molecule has 11 heteroatoms. The summed E-state index contributed by atoms with van der Waals surface area (Å²) < 4.78 is 10.8. The number of nitrogens with two attached hydrogens (primary N) is 1. The van der Waals surface area contributed by atoms with Gasteiger partial charge in [-0.1, -0.05) is 24.9 Å². The fourth-order valence-electron chi connectivity index (χ4n) is 3.99. The Morgan fingerprint density at radius 2 is 2.12 bits per heavy atom. The van der Waals surface area contributed by atoms with Gasteiger partial charge in [0.25, 0.3) is 5.91 Å². The monoisotopic (exact) mass is 494 g/mol. The van der Waals surface area contributed by atoms with Crippen molar-refractivity contribution in [2.75, 3.05) is 18.9 Å². The fourth-order valence-corrected chi connectivity index (χ4v) is 4.17. The summed E-state index contributed by atoms with van der Waals surface area (Å²) in [5.41, 5.74) is 6.29. The number of nitrogens with zero attached hydrogens (tertiary/aromatic N) is 1. The summed E-state index contributed by atoms with van der Waals surface area (Å²) in [5.74, 6) is -1.66. The Labute approximate surface area is 203 Å². The van der Waals surface area contributed by atoms with Crippen LogP contribution in [0.4, 0.5) is 5.69 Å². The molecule has 2 aliphatic rings. The van der Waals surface area contributed by atoms with E-state index in [0.717, 1.165) is 12.8 Å². The number of hydrogen-bond donors (Lipinski definition) is 3. The third-order valence-corrected chi connectivity index (χ3v) is 6.22. The van der Waals surface area contributed by atoms with Crippen LogP contribution in [0, 0.1) is 0 Å². The zero-order valence-electron chi connectivity index (χ0n) is 19.3. The third-order valence-electron chi connectivity index (χ3n) is 5.89. The van der Waals surface area contributed by atoms with Crippen LogP contribution in [0.1, 0.15) is 56.3 Å². The number of esters is 1. The van der Waals surface area contributed by atoms with Crippen molar-refractivity contribution in [1.82, 2.24) is 15.5 Å². The fraction of sp³-hybridized carbons (Fsp3) is 0.565. The number of hydrogen-bond acceptors (Lipinski definition) is 7. The number of anilines is 1. The molecule has 2 aliphatic heterocycles. The van der Waals surface area contributed by atoms with Crippen LogP contribution in [-0.4, -0.2) is 66.2 Å². The molecule has 0 aliphatic carbocycles. The Hall–Kier alpha value is -2.85. The molecule has 186 valence electrons. The first kappa shape index (κ1) is 25.8. The highest BCUT2D eigenvalue weighted by Gasteiger charge is 2.41. The maximum Gasteiger partial charge on any atom is 0.310 e. The van der Waals surface area contributed by atoms with Gasteiger partial charge < -0.3 is 30.7 Å². The van der Waals surface area contributed by atoms with E-state index in [1.165, 1.54) is 23.1 Å². The number of carbonyl (C=O) groups excluding carboxylic acids is 4.